The fourth-order valence-corrected chi connectivity index (χ4v) is 8.15. The van der Waals surface area contributed by atoms with Gasteiger partial charge < -0.3 is 39.1 Å². The monoisotopic (exact) mass is 660 g/mol. The van der Waals surface area contributed by atoms with Crippen LogP contribution in [0.3, 0.4) is 0 Å². The van der Waals surface area contributed by atoms with Crippen molar-refractivity contribution in [2.24, 2.45) is 11.8 Å². The molecule has 2 aromatic carbocycles. The van der Waals surface area contributed by atoms with E-state index in [0.29, 0.717) is 42.0 Å². The minimum Gasteiger partial charge on any atom is -0.497 e. The van der Waals surface area contributed by atoms with Gasteiger partial charge in [-0.15, -0.1) is 0 Å². The maximum absolute atomic E-state index is 13.1. The normalized spacial score (nSPS) is 18.6. The zero-order valence-electron chi connectivity index (χ0n) is 27.2. The third-order valence-electron chi connectivity index (χ3n) is 8.39. The lowest BCUT2D eigenvalue weighted by Crippen LogP contribution is -2.48. The minimum atomic E-state index is -5.38. The second kappa shape index (κ2) is 15.6. The summed E-state index contributed by atoms with van der Waals surface area (Å²) in [4.78, 5) is 33.3. The summed E-state index contributed by atoms with van der Waals surface area (Å²) in [5, 5.41) is 12.4. The van der Waals surface area contributed by atoms with Crippen LogP contribution in [0.5, 0.6) is 11.5 Å². The molecular formula is C30H50N2O10P2. The Hall–Kier alpha value is -1.82. The molecule has 44 heavy (non-hydrogen) atoms. The third-order valence-corrected chi connectivity index (χ3v) is 10.6. The van der Waals surface area contributed by atoms with Crippen LogP contribution >= 0.6 is 15.6 Å². The molecule has 6 atom stereocenters. The van der Waals surface area contributed by atoms with Crippen LogP contribution in [0.15, 0.2) is 48.5 Å². The van der Waals surface area contributed by atoms with Crippen LogP contribution in [0.1, 0.15) is 51.2 Å². The Balaban J connectivity index is 2.65. The highest BCUT2D eigenvalue weighted by molar-refractivity contribution is 7.60. The van der Waals surface area contributed by atoms with E-state index in [-0.39, 0.29) is 18.4 Å². The van der Waals surface area contributed by atoms with Crippen LogP contribution in [0.25, 0.3) is 0 Å². The standard InChI is InChI=1S/C30H50N2O10P2/c1-10-30(25-14-12-16-27(20-25)40-9,41-44(37,38)42-43(34,35)36)23(3)28(32(6)7)17-18-29(33,22(2)21-31(4)5)24-13-11-15-26(19-24)39-8/h11-16,19-20,22-23,28,33H,10,17-18,21H2,1-9H3,(H,37,38)(H2,34,35,36)/t22?,23-,28?,29?,30-/m0/s1. The minimum absolute atomic E-state index is 0.137. The number of nitrogens with zero attached hydrogens (tertiary/aromatic N) is 2. The number of aliphatic hydroxyl groups is 1. The van der Waals surface area contributed by atoms with Gasteiger partial charge in [0.05, 0.1) is 19.8 Å². The van der Waals surface area contributed by atoms with Crippen molar-refractivity contribution in [3.63, 3.8) is 0 Å². The Labute approximate surface area is 261 Å². The van der Waals surface area contributed by atoms with Crippen molar-refractivity contribution in [3.05, 3.63) is 59.7 Å². The van der Waals surface area contributed by atoms with E-state index in [0.717, 1.165) is 0 Å². The second-order valence-electron chi connectivity index (χ2n) is 11.8. The van der Waals surface area contributed by atoms with Gasteiger partial charge in [-0.2, -0.15) is 4.31 Å². The van der Waals surface area contributed by atoms with Gasteiger partial charge >= 0.3 is 15.6 Å². The Morgan fingerprint density at radius 3 is 1.86 bits per heavy atom. The van der Waals surface area contributed by atoms with Crippen molar-refractivity contribution in [1.29, 1.82) is 0 Å². The van der Waals surface area contributed by atoms with E-state index in [1.54, 1.807) is 38.3 Å². The number of benzene rings is 2. The summed E-state index contributed by atoms with van der Waals surface area (Å²) in [5.74, 6) is 0.318. The maximum Gasteiger partial charge on any atom is 0.481 e. The van der Waals surface area contributed by atoms with Crippen molar-refractivity contribution in [1.82, 2.24) is 9.80 Å². The van der Waals surface area contributed by atoms with Gasteiger partial charge in [-0.1, -0.05) is 45.0 Å². The molecule has 0 bridgehead atoms. The molecule has 0 fully saturated rings. The number of ether oxygens (including phenoxy) is 2. The predicted molar refractivity (Wildman–Crippen MR) is 169 cm³/mol. The van der Waals surface area contributed by atoms with Gasteiger partial charge in [0, 0.05) is 24.4 Å². The molecule has 250 valence electrons. The molecule has 0 saturated carbocycles. The van der Waals surface area contributed by atoms with E-state index in [1.807, 2.05) is 76.1 Å². The molecule has 0 aliphatic rings. The van der Waals surface area contributed by atoms with Gasteiger partial charge in [-0.3, -0.25) is 4.52 Å². The summed E-state index contributed by atoms with van der Waals surface area (Å²) < 4.78 is 45.6. The number of rotatable bonds is 18. The first-order chi connectivity index (χ1) is 20.3. The molecule has 12 nitrogen and oxygen atoms in total. The van der Waals surface area contributed by atoms with E-state index in [9.17, 15) is 28.9 Å². The number of hydrogen-bond acceptors (Lipinski definition) is 9. The van der Waals surface area contributed by atoms with Crippen molar-refractivity contribution >= 4 is 15.6 Å². The number of phosphoric acid groups is 2. The Morgan fingerprint density at radius 1 is 0.886 bits per heavy atom. The average Bonchev–Trinajstić information content (AvgIpc) is 2.93. The van der Waals surface area contributed by atoms with Crippen LogP contribution in [0.4, 0.5) is 0 Å². The van der Waals surface area contributed by atoms with Gasteiger partial charge in [-0.05, 0) is 82.8 Å². The number of methoxy groups -OCH3 is 2. The summed E-state index contributed by atoms with van der Waals surface area (Å²) in [6, 6.07) is 13.8. The average molecular weight is 661 g/mol. The largest absolute Gasteiger partial charge is 0.497 e. The Bertz CT molecular complexity index is 1310. The lowest BCUT2D eigenvalue weighted by Gasteiger charge is -2.46. The lowest BCUT2D eigenvalue weighted by atomic mass is 9.72. The molecule has 4 unspecified atom stereocenters. The van der Waals surface area contributed by atoms with Gasteiger partial charge in [0.1, 0.15) is 17.1 Å². The number of hydrogen-bond donors (Lipinski definition) is 4. The summed E-state index contributed by atoms with van der Waals surface area (Å²) in [6.07, 6.45) is 0.873. The van der Waals surface area contributed by atoms with E-state index >= 15 is 0 Å². The summed E-state index contributed by atoms with van der Waals surface area (Å²) in [7, 11) is 0.00711. The summed E-state index contributed by atoms with van der Waals surface area (Å²) in [6.45, 7) is 6.20. The molecule has 0 amide bonds. The Kier molecular flexibility index (Phi) is 13.6. The molecule has 0 saturated heterocycles. The zero-order valence-corrected chi connectivity index (χ0v) is 29.0. The summed E-state index contributed by atoms with van der Waals surface area (Å²) >= 11 is 0. The van der Waals surface area contributed by atoms with Crippen molar-refractivity contribution in [3.8, 4) is 11.5 Å². The molecule has 0 aromatic heterocycles. The molecule has 2 rings (SSSR count). The molecule has 0 aliphatic heterocycles. The fraction of sp³-hybridized carbons (Fsp3) is 0.600. The molecule has 2 aromatic rings. The van der Waals surface area contributed by atoms with E-state index in [1.165, 1.54) is 7.11 Å². The third kappa shape index (κ3) is 9.84. The van der Waals surface area contributed by atoms with Crippen molar-refractivity contribution < 1.29 is 47.2 Å². The van der Waals surface area contributed by atoms with Gasteiger partial charge in [0.25, 0.3) is 0 Å². The van der Waals surface area contributed by atoms with Crippen LogP contribution in [0, 0.1) is 11.8 Å². The van der Waals surface area contributed by atoms with Crippen LogP contribution < -0.4 is 9.47 Å². The Morgan fingerprint density at radius 2 is 1.41 bits per heavy atom. The molecule has 0 radical (unpaired) electrons. The fourth-order valence-electron chi connectivity index (χ4n) is 6.13. The predicted octanol–water partition coefficient (Wildman–Crippen LogP) is 4.97. The van der Waals surface area contributed by atoms with E-state index < -0.39 is 32.8 Å². The highest BCUT2D eigenvalue weighted by atomic mass is 31.3. The molecular weight excluding hydrogens is 610 g/mol. The molecule has 0 spiro atoms. The lowest BCUT2D eigenvalue weighted by molar-refractivity contribution is -0.0656. The smallest absolute Gasteiger partial charge is 0.481 e. The van der Waals surface area contributed by atoms with E-state index in [2.05, 4.69) is 4.31 Å². The van der Waals surface area contributed by atoms with Crippen molar-refractivity contribution in [2.45, 2.75) is 57.3 Å². The van der Waals surface area contributed by atoms with Crippen LogP contribution in [0.2, 0.25) is 0 Å². The first-order valence-corrected chi connectivity index (χ1v) is 17.5. The van der Waals surface area contributed by atoms with Gasteiger partial charge in [0.15, 0.2) is 0 Å². The molecule has 14 heteroatoms. The van der Waals surface area contributed by atoms with Crippen LogP contribution in [-0.4, -0.2) is 84.6 Å². The highest BCUT2D eigenvalue weighted by Crippen LogP contribution is 2.62. The van der Waals surface area contributed by atoms with E-state index in [4.69, 9.17) is 14.0 Å². The second-order valence-corrected chi connectivity index (χ2v) is 14.5. The molecule has 0 heterocycles. The van der Waals surface area contributed by atoms with Crippen molar-refractivity contribution in [2.75, 3.05) is 49.0 Å². The van der Waals surface area contributed by atoms with Gasteiger partial charge in [0.2, 0.25) is 0 Å². The van der Waals surface area contributed by atoms with Crippen LogP contribution in [-0.2, 0) is 29.2 Å². The summed E-state index contributed by atoms with van der Waals surface area (Å²) in [5.41, 5.74) is -1.66. The highest BCUT2D eigenvalue weighted by Gasteiger charge is 2.50. The first kappa shape index (κ1) is 38.4. The number of phosphoric ester groups is 1. The zero-order chi connectivity index (χ0) is 33.5. The molecule has 0 aliphatic carbocycles. The SMILES string of the molecule is CC[C@@](OP(=O)(O)OP(=O)(O)O)(c1cccc(OC)c1)[C@@H](C)C(CCC(O)(c1cccc(OC)c1)C(C)CN(C)C)N(C)C. The van der Waals surface area contributed by atoms with Gasteiger partial charge in [-0.25, -0.2) is 9.13 Å². The topological polar surface area (TPSA) is 158 Å². The maximum atomic E-state index is 13.1. The molecule has 4 N–H and O–H groups in total. The quantitative estimate of drug-likeness (QED) is 0.159. The first-order valence-electron chi connectivity index (χ1n) is 14.5.